The van der Waals surface area contributed by atoms with Crippen molar-refractivity contribution in [3.8, 4) is 0 Å². The Balaban J connectivity index is 1.83. The predicted octanol–water partition coefficient (Wildman–Crippen LogP) is 5.62. The van der Waals surface area contributed by atoms with E-state index in [2.05, 4.69) is 18.2 Å². The average molecular weight is 325 g/mol. The summed E-state index contributed by atoms with van der Waals surface area (Å²) in [4.78, 5) is 13.2. The van der Waals surface area contributed by atoms with Crippen LogP contribution in [0.3, 0.4) is 0 Å². The molecule has 5 heteroatoms. The van der Waals surface area contributed by atoms with Crippen molar-refractivity contribution in [2.75, 3.05) is 0 Å². The second-order valence-corrected chi connectivity index (χ2v) is 7.36. The normalized spacial score (nSPS) is 11.3. The molecule has 0 radical (unpaired) electrons. The molecule has 3 nitrogen and oxygen atoms in total. The van der Waals surface area contributed by atoms with Gasteiger partial charge >= 0.3 is 0 Å². The van der Waals surface area contributed by atoms with Crippen molar-refractivity contribution in [3.63, 3.8) is 0 Å². The fourth-order valence-corrected chi connectivity index (χ4v) is 5.05. The molecule has 0 bridgehead atoms. The van der Waals surface area contributed by atoms with E-state index in [0.717, 1.165) is 19.8 Å². The Labute approximate surface area is 134 Å². The van der Waals surface area contributed by atoms with Gasteiger partial charge in [-0.1, -0.05) is 30.3 Å². The monoisotopic (exact) mass is 325 g/mol. The zero-order valence-electron chi connectivity index (χ0n) is 11.5. The summed E-state index contributed by atoms with van der Waals surface area (Å²) in [6, 6.07) is 17.9. The van der Waals surface area contributed by atoms with Crippen molar-refractivity contribution in [1.29, 1.82) is 0 Å². The number of thiophene rings is 2. The predicted molar refractivity (Wildman–Crippen MR) is 93.1 cm³/mol. The summed E-state index contributed by atoms with van der Waals surface area (Å²) in [5.74, 6) is 0. The summed E-state index contributed by atoms with van der Waals surface area (Å²) in [5.41, 5.74) is 0.262. The quantitative estimate of drug-likeness (QED) is 0.363. The third kappa shape index (κ3) is 2.19. The molecule has 0 unspecified atom stereocenters. The first-order valence-corrected chi connectivity index (χ1v) is 8.48. The zero-order chi connectivity index (χ0) is 15.1. The molecule has 2 aromatic carbocycles. The summed E-state index contributed by atoms with van der Waals surface area (Å²) in [5, 5.41) is 13.4. The summed E-state index contributed by atoms with van der Waals surface area (Å²) in [6.45, 7) is 0. The van der Waals surface area contributed by atoms with E-state index < -0.39 is 0 Å². The highest BCUT2D eigenvalue weighted by Crippen LogP contribution is 2.39. The van der Waals surface area contributed by atoms with Crippen LogP contribution in [0.2, 0.25) is 0 Å². The molecule has 0 saturated carbocycles. The van der Waals surface area contributed by atoms with Crippen LogP contribution in [0, 0.1) is 10.1 Å². The molecule has 0 aliphatic carbocycles. The summed E-state index contributed by atoms with van der Waals surface area (Å²) in [6.07, 6.45) is 0.620. The van der Waals surface area contributed by atoms with E-state index in [1.807, 2.05) is 36.4 Å². The van der Waals surface area contributed by atoms with E-state index >= 15 is 0 Å². The fraction of sp³-hybridized carbons (Fsp3) is 0.0588. The number of rotatable bonds is 3. The molecule has 4 aromatic rings. The second kappa shape index (κ2) is 5.19. The van der Waals surface area contributed by atoms with Crippen molar-refractivity contribution in [2.45, 2.75) is 6.42 Å². The number of fused-ring (bicyclic) bond motifs is 2. The average Bonchev–Trinajstić information content (AvgIpc) is 3.06. The molecule has 22 heavy (non-hydrogen) atoms. The molecular formula is C17H11NO2S2. The maximum Gasteiger partial charge on any atom is 0.291 e. The molecule has 0 spiro atoms. The van der Waals surface area contributed by atoms with Crippen LogP contribution in [-0.4, -0.2) is 4.92 Å². The van der Waals surface area contributed by atoms with Crippen molar-refractivity contribution >= 4 is 48.5 Å². The molecule has 0 aliphatic heterocycles. The van der Waals surface area contributed by atoms with Crippen LogP contribution in [0.25, 0.3) is 20.2 Å². The molecule has 2 aromatic heterocycles. The van der Waals surface area contributed by atoms with Gasteiger partial charge in [0.05, 0.1) is 15.2 Å². The summed E-state index contributed by atoms with van der Waals surface area (Å²) in [7, 11) is 0. The fourth-order valence-electron chi connectivity index (χ4n) is 2.68. The Kier molecular flexibility index (Phi) is 3.17. The lowest BCUT2D eigenvalue weighted by molar-refractivity contribution is -0.383. The van der Waals surface area contributed by atoms with E-state index in [9.17, 15) is 10.1 Å². The molecule has 2 heterocycles. The minimum atomic E-state index is -0.249. The van der Waals surface area contributed by atoms with Crippen LogP contribution < -0.4 is 0 Å². The standard InChI is InChI=1S/C17H11NO2S2/c19-18(20)17-13-6-2-4-8-15(13)22-16(17)10-12-9-11-5-1-3-7-14(11)21-12/h1-9H,10H2. The lowest BCUT2D eigenvalue weighted by Gasteiger charge is -1.94. The van der Waals surface area contributed by atoms with E-state index in [-0.39, 0.29) is 10.6 Å². The Morgan fingerprint density at radius 2 is 1.68 bits per heavy atom. The highest BCUT2D eigenvalue weighted by Gasteiger charge is 2.22. The van der Waals surface area contributed by atoms with Gasteiger partial charge in [-0.3, -0.25) is 10.1 Å². The van der Waals surface area contributed by atoms with Gasteiger partial charge in [-0.2, -0.15) is 0 Å². The minimum Gasteiger partial charge on any atom is -0.258 e. The minimum absolute atomic E-state index is 0.249. The highest BCUT2D eigenvalue weighted by molar-refractivity contribution is 7.20. The van der Waals surface area contributed by atoms with E-state index in [4.69, 9.17) is 0 Å². The van der Waals surface area contributed by atoms with Crippen molar-refractivity contribution in [1.82, 2.24) is 0 Å². The van der Waals surface area contributed by atoms with Crippen molar-refractivity contribution in [3.05, 3.63) is 74.5 Å². The van der Waals surface area contributed by atoms with Crippen LogP contribution in [0.15, 0.2) is 54.6 Å². The second-order valence-electron chi connectivity index (χ2n) is 5.05. The molecule has 0 atom stereocenters. The maximum absolute atomic E-state index is 11.5. The maximum atomic E-state index is 11.5. The van der Waals surface area contributed by atoms with E-state index in [0.29, 0.717) is 6.42 Å². The third-order valence-corrected chi connectivity index (χ3v) is 5.91. The number of hydrogen-bond donors (Lipinski definition) is 0. The number of benzene rings is 2. The van der Waals surface area contributed by atoms with Crippen LogP contribution >= 0.6 is 22.7 Å². The van der Waals surface area contributed by atoms with Gasteiger partial charge in [0, 0.05) is 20.7 Å². The van der Waals surface area contributed by atoms with Crippen molar-refractivity contribution < 1.29 is 4.92 Å². The van der Waals surface area contributed by atoms with Crippen LogP contribution in [0.1, 0.15) is 9.75 Å². The first kappa shape index (κ1) is 13.4. The Bertz CT molecular complexity index is 967. The van der Waals surface area contributed by atoms with Crippen LogP contribution in [-0.2, 0) is 6.42 Å². The van der Waals surface area contributed by atoms with E-state index in [1.165, 1.54) is 21.4 Å². The summed E-state index contributed by atoms with van der Waals surface area (Å²) >= 11 is 3.23. The van der Waals surface area contributed by atoms with E-state index in [1.54, 1.807) is 11.3 Å². The van der Waals surface area contributed by atoms with Gasteiger partial charge in [-0.15, -0.1) is 22.7 Å². The molecule has 0 fully saturated rings. The molecule has 0 N–H and O–H groups in total. The van der Waals surface area contributed by atoms with Gasteiger partial charge in [-0.25, -0.2) is 0 Å². The molecule has 0 aliphatic rings. The Morgan fingerprint density at radius 1 is 0.955 bits per heavy atom. The van der Waals surface area contributed by atoms with Crippen LogP contribution in [0.4, 0.5) is 5.69 Å². The SMILES string of the molecule is O=[N+]([O-])c1c(Cc2cc3ccccc3s2)sc2ccccc12. The number of nitro groups is 1. The Hall–Kier alpha value is -2.24. The van der Waals surface area contributed by atoms with Crippen molar-refractivity contribution in [2.24, 2.45) is 0 Å². The van der Waals surface area contributed by atoms with Gasteiger partial charge in [0.25, 0.3) is 5.69 Å². The van der Waals surface area contributed by atoms with Gasteiger partial charge < -0.3 is 0 Å². The largest absolute Gasteiger partial charge is 0.291 e. The smallest absolute Gasteiger partial charge is 0.258 e. The van der Waals surface area contributed by atoms with Gasteiger partial charge in [0.2, 0.25) is 0 Å². The van der Waals surface area contributed by atoms with Gasteiger partial charge in [0.1, 0.15) is 0 Å². The molecular weight excluding hydrogens is 314 g/mol. The first-order valence-electron chi connectivity index (χ1n) is 6.84. The molecule has 0 saturated heterocycles. The topological polar surface area (TPSA) is 43.1 Å². The lowest BCUT2D eigenvalue weighted by atomic mass is 10.2. The first-order chi connectivity index (χ1) is 10.7. The lowest BCUT2D eigenvalue weighted by Crippen LogP contribution is -1.91. The molecule has 4 rings (SSSR count). The summed E-state index contributed by atoms with van der Waals surface area (Å²) < 4.78 is 2.20. The third-order valence-electron chi connectivity index (χ3n) is 3.63. The highest BCUT2D eigenvalue weighted by atomic mass is 32.1. The molecule has 0 amide bonds. The number of nitrogens with zero attached hydrogens (tertiary/aromatic N) is 1. The Morgan fingerprint density at radius 3 is 2.45 bits per heavy atom. The van der Waals surface area contributed by atoms with Gasteiger partial charge in [0.15, 0.2) is 0 Å². The number of hydrogen-bond acceptors (Lipinski definition) is 4. The zero-order valence-corrected chi connectivity index (χ0v) is 13.1. The van der Waals surface area contributed by atoms with Crippen LogP contribution in [0.5, 0.6) is 0 Å². The molecule has 108 valence electrons. The van der Waals surface area contributed by atoms with Gasteiger partial charge in [-0.05, 0) is 29.7 Å².